The lowest BCUT2D eigenvalue weighted by Gasteiger charge is -2.08. The van der Waals surface area contributed by atoms with Gasteiger partial charge in [-0.15, -0.1) is 0 Å². The smallest absolute Gasteiger partial charge is 0.408 e. The van der Waals surface area contributed by atoms with Crippen LogP contribution in [0.4, 0.5) is 4.79 Å². The molecule has 2 atom stereocenters. The second kappa shape index (κ2) is 5.23. The molecule has 0 radical (unpaired) electrons. The molecular formula is C13H11NO4. The van der Waals surface area contributed by atoms with E-state index >= 15 is 0 Å². The van der Waals surface area contributed by atoms with Gasteiger partial charge in [0.15, 0.2) is 6.10 Å². The number of cyclic esters (lactones) is 1. The van der Waals surface area contributed by atoms with Crippen molar-refractivity contribution in [3.8, 4) is 11.8 Å². The first-order valence-corrected chi connectivity index (χ1v) is 5.40. The normalized spacial score (nSPS) is 21.4. The number of hydrogen-bond acceptors (Lipinski definition) is 3. The summed E-state index contributed by atoms with van der Waals surface area (Å²) in [5.41, 5.74) is 0.787. The van der Waals surface area contributed by atoms with Gasteiger partial charge in [-0.05, 0) is 12.1 Å². The monoisotopic (exact) mass is 245 g/mol. The van der Waals surface area contributed by atoms with Crippen LogP contribution < -0.4 is 5.32 Å². The second-order valence-corrected chi connectivity index (χ2v) is 3.81. The Kier molecular flexibility index (Phi) is 3.49. The SMILES string of the molecule is O=C(O)C[C@@H]1NC(=O)O[C@@H]1C#Cc1ccccc1. The molecule has 1 heterocycles. The zero-order valence-corrected chi connectivity index (χ0v) is 9.42. The summed E-state index contributed by atoms with van der Waals surface area (Å²) in [5.74, 6) is 4.61. The summed E-state index contributed by atoms with van der Waals surface area (Å²) in [7, 11) is 0. The van der Waals surface area contributed by atoms with E-state index in [1.54, 1.807) is 0 Å². The Morgan fingerprint density at radius 3 is 2.78 bits per heavy atom. The van der Waals surface area contributed by atoms with Gasteiger partial charge in [0.2, 0.25) is 0 Å². The number of benzene rings is 1. The van der Waals surface area contributed by atoms with Gasteiger partial charge in [-0.1, -0.05) is 30.0 Å². The van der Waals surface area contributed by atoms with Gasteiger partial charge < -0.3 is 15.2 Å². The molecule has 92 valence electrons. The minimum atomic E-state index is -1.00. The topological polar surface area (TPSA) is 75.6 Å². The van der Waals surface area contributed by atoms with E-state index in [4.69, 9.17) is 9.84 Å². The highest BCUT2D eigenvalue weighted by Gasteiger charge is 2.34. The number of carbonyl (C=O) groups excluding carboxylic acids is 1. The predicted octanol–water partition coefficient (Wildman–Crippen LogP) is 0.990. The van der Waals surface area contributed by atoms with Gasteiger partial charge in [0, 0.05) is 5.56 Å². The van der Waals surface area contributed by atoms with Crippen LogP contribution in [0.25, 0.3) is 0 Å². The molecule has 0 aromatic heterocycles. The van der Waals surface area contributed by atoms with Crippen molar-refractivity contribution in [2.45, 2.75) is 18.6 Å². The van der Waals surface area contributed by atoms with Gasteiger partial charge in [-0.3, -0.25) is 4.79 Å². The van der Waals surface area contributed by atoms with Crippen molar-refractivity contribution in [2.24, 2.45) is 0 Å². The first kappa shape index (κ1) is 12.0. The summed E-state index contributed by atoms with van der Waals surface area (Å²) < 4.78 is 4.91. The molecule has 1 aromatic carbocycles. The number of alkyl carbamates (subject to hydrolysis) is 1. The van der Waals surface area contributed by atoms with Crippen molar-refractivity contribution in [1.82, 2.24) is 5.32 Å². The second-order valence-electron chi connectivity index (χ2n) is 3.81. The van der Waals surface area contributed by atoms with Crippen molar-refractivity contribution >= 4 is 12.1 Å². The fourth-order valence-corrected chi connectivity index (χ4v) is 1.61. The number of carbonyl (C=O) groups is 2. The number of rotatable bonds is 2. The highest BCUT2D eigenvalue weighted by molar-refractivity contribution is 5.74. The maximum atomic E-state index is 11.1. The first-order valence-electron chi connectivity index (χ1n) is 5.40. The first-order chi connectivity index (χ1) is 8.65. The molecule has 1 aliphatic heterocycles. The Balaban J connectivity index is 2.10. The Morgan fingerprint density at radius 2 is 2.11 bits per heavy atom. The van der Waals surface area contributed by atoms with Crippen LogP contribution in [0.15, 0.2) is 30.3 Å². The Bertz CT molecular complexity index is 515. The molecule has 1 amide bonds. The van der Waals surface area contributed by atoms with Gasteiger partial charge in [0.1, 0.15) is 0 Å². The maximum absolute atomic E-state index is 11.1. The van der Waals surface area contributed by atoms with Crippen LogP contribution in [0.1, 0.15) is 12.0 Å². The molecule has 1 aromatic rings. The van der Waals surface area contributed by atoms with E-state index in [1.807, 2.05) is 30.3 Å². The zero-order valence-electron chi connectivity index (χ0n) is 9.42. The average molecular weight is 245 g/mol. The highest BCUT2D eigenvalue weighted by Crippen LogP contribution is 2.11. The molecule has 0 spiro atoms. The molecule has 18 heavy (non-hydrogen) atoms. The van der Waals surface area contributed by atoms with E-state index in [9.17, 15) is 9.59 Å². The van der Waals surface area contributed by atoms with Crippen molar-refractivity contribution in [2.75, 3.05) is 0 Å². The molecule has 1 fully saturated rings. The van der Waals surface area contributed by atoms with E-state index in [-0.39, 0.29) is 6.42 Å². The Morgan fingerprint density at radius 1 is 1.39 bits per heavy atom. The summed E-state index contributed by atoms with van der Waals surface area (Å²) in [6, 6.07) is 8.60. The van der Waals surface area contributed by atoms with Crippen LogP contribution in [0.5, 0.6) is 0 Å². The molecule has 0 unspecified atom stereocenters. The standard InChI is InChI=1S/C13H11NO4/c15-12(16)8-10-11(18-13(17)14-10)7-6-9-4-2-1-3-5-9/h1-5,10-11H,8H2,(H,14,17)(H,15,16)/t10-,11+/m0/s1. The summed E-state index contributed by atoms with van der Waals surface area (Å²) in [6.07, 6.45) is -1.57. The van der Waals surface area contributed by atoms with E-state index in [0.29, 0.717) is 0 Å². The molecule has 1 aliphatic rings. The van der Waals surface area contributed by atoms with Gasteiger partial charge >= 0.3 is 12.1 Å². The molecule has 5 heteroatoms. The number of aliphatic carboxylic acids is 1. The molecule has 2 N–H and O–H groups in total. The lowest BCUT2D eigenvalue weighted by Crippen LogP contribution is -2.33. The lowest BCUT2D eigenvalue weighted by molar-refractivity contribution is -0.137. The van der Waals surface area contributed by atoms with Gasteiger partial charge in [-0.2, -0.15) is 0 Å². The average Bonchev–Trinajstić information content (AvgIpc) is 2.67. The largest absolute Gasteiger partial charge is 0.481 e. The van der Waals surface area contributed by atoms with Gasteiger partial charge in [0.05, 0.1) is 12.5 Å². The molecule has 0 saturated carbocycles. The Hall–Kier alpha value is -2.48. The van der Waals surface area contributed by atoms with Crippen LogP contribution in [-0.2, 0) is 9.53 Å². The molecule has 5 nitrogen and oxygen atoms in total. The number of ether oxygens (including phenoxy) is 1. The summed E-state index contributed by atoms with van der Waals surface area (Å²) in [5, 5.41) is 11.1. The minimum absolute atomic E-state index is 0.208. The molecular weight excluding hydrogens is 234 g/mol. The third-order valence-electron chi connectivity index (χ3n) is 2.43. The highest BCUT2D eigenvalue weighted by atomic mass is 16.6. The maximum Gasteiger partial charge on any atom is 0.408 e. The quantitative estimate of drug-likeness (QED) is 0.762. The fraction of sp³-hybridized carbons (Fsp3) is 0.231. The van der Waals surface area contributed by atoms with E-state index in [0.717, 1.165) is 5.56 Å². The number of hydrogen-bond donors (Lipinski definition) is 2. The van der Waals surface area contributed by atoms with Crippen LogP contribution >= 0.6 is 0 Å². The Labute approximate surface area is 104 Å². The van der Waals surface area contributed by atoms with Crippen molar-refractivity contribution in [3.05, 3.63) is 35.9 Å². The molecule has 2 rings (SSSR count). The van der Waals surface area contributed by atoms with Crippen LogP contribution in [0, 0.1) is 11.8 Å². The van der Waals surface area contributed by atoms with E-state index in [1.165, 1.54) is 0 Å². The number of amides is 1. The summed E-state index contributed by atoms with van der Waals surface area (Å²) >= 11 is 0. The third kappa shape index (κ3) is 3.01. The van der Waals surface area contributed by atoms with Gasteiger partial charge in [-0.25, -0.2) is 4.79 Å². The van der Waals surface area contributed by atoms with Crippen LogP contribution in [0.2, 0.25) is 0 Å². The molecule has 1 saturated heterocycles. The fourth-order valence-electron chi connectivity index (χ4n) is 1.61. The summed E-state index contributed by atoms with van der Waals surface area (Å²) in [4.78, 5) is 21.7. The number of carboxylic acids is 1. The van der Waals surface area contributed by atoms with Crippen molar-refractivity contribution < 1.29 is 19.4 Å². The number of carboxylic acid groups (broad SMARTS) is 1. The van der Waals surface area contributed by atoms with E-state index in [2.05, 4.69) is 17.2 Å². The van der Waals surface area contributed by atoms with Crippen molar-refractivity contribution in [3.63, 3.8) is 0 Å². The van der Waals surface area contributed by atoms with Gasteiger partial charge in [0.25, 0.3) is 0 Å². The lowest BCUT2D eigenvalue weighted by atomic mass is 10.1. The predicted molar refractivity (Wildman–Crippen MR) is 62.8 cm³/mol. The van der Waals surface area contributed by atoms with Crippen LogP contribution in [0.3, 0.4) is 0 Å². The van der Waals surface area contributed by atoms with E-state index < -0.39 is 24.2 Å². The van der Waals surface area contributed by atoms with Crippen LogP contribution in [-0.4, -0.2) is 29.3 Å². The number of nitrogens with one attached hydrogen (secondary N) is 1. The molecule has 0 aliphatic carbocycles. The van der Waals surface area contributed by atoms with Crippen molar-refractivity contribution in [1.29, 1.82) is 0 Å². The summed E-state index contributed by atoms with van der Waals surface area (Å²) in [6.45, 7) is 0. The minimum Gasteiger partial charge on any atom is -0.481 e. The third-order valence-corrected chi connectivity index (χ3v) is 2.43. The molecule has 0 bridgehead atoms. The zero-order chi connectivity index (χ0) is 13.0.